The average molecular weight is 326 g/mol. The Hall–Kier alpha value is -2.37. The number of likely N-dealkylation sites (tertiary alicyclic amines) is 1. The van der Waals surface area contributed by atoms with E-state index >= 15 is 0 Å². The number of benzene rings is 1. The third-order valence-electron chi connectivity index (χ3n) is 4.19. The Balaban J connectivity index is 1.52. The molecule has 2 atom stereocenters. The third kappa shape index (κ3) is 4.57. The number of aliphatic hydroxyl groups is 1. The number of rotatable bonds is 6. The monoisotopic (exact) mass is 326 g/mol. The second kappa shape index (κ2) is 7.95. The molecule has 2 N–H and O–H groups in total. The molecule has 0 aliphatic carbocycles. The average Bonchev–Trinajstić information content (AvgIpc) is 3.22. The van der Waals surface area contributed by atoms with Crippen LogP contribution in [-0.4, -0.2) is 41.1 Å². The van der Waals surface area contributed by atoms with Gasteiger partial charge in [0.05, 0.1) is 12.4 Å². The molecule has 126 valence electrons. The van der Waals surface area contributed by atoms with Crippen LogP contribution in [0.5, 0.6) is 0 Å². The normalized spacial score (nSPS) is 21.4. The highest BCUT2D eigenvalue weighted by Gasteiger charge is 2.30. The minimum Gasteiger partial charge on any atom is -0.465 e. The Morgan fingerprint density at radius 2 is 2.12 bits per heavy atom. The van der Waals surface area contributed by atoms with Gasteiger partial charge >= 0.3 is 0 Å². The maximum atomic E-state index is 11.9. The summed E-state index contributed by atoms with van der Waals surface area (Å²) in [5.74, 6) is 0.486. The summed E-state index contributed by atoms with van der Waals surface area (Å²) in [6.07, 6.45) is 5.01. The largest absolute Gasteiger partial charge is 0.465 e. The van der Waals surface area contributed by atoms with Crippen molar-refractivity contribution in [1.82, 2.24) is 10.2 Å². The van der Waals surface area contributed by atoms with Crippen LogP contribution in [0.3, 0.4) is 0 Å². The number of furan rings is 1. The molecule has 24 heavy (non-hydrogen) atoms. The molecule has 2 aromatic rings. The molecular weight excluding hydrogens is 304 g/mol. The molecule has 0 saturated carbocycles. The van der Waals surface area contributed by atoms with Gasteiger partial charge < -0.3 is 14.8 Å². The predicted octanol–water partition coefficient (Wildman–Crippen LogP) is 2.04. The quantitative estimate of drug-likeness (QED) is 0.798. The maximum absolute atomic E-state index is 11.9. The summed E-state index contributed by atoms with van der Waals surface area (Å²) >= 11 is 0. The van der Waals surface area contributed by atoms with E-state index in [0.29, 0.717) is 25.3 Å². The van der Waals surface area contributed by atoms with E-state index in [4.69, 9.17) is 4.42 Å². The summed E-state index contributed by atoms with van der Waals surface area (Å²) in [5, 5.41) is 12.9. The number of carbonyl (C=O) groups is 1. The van der Waals surface area contributed by atoms with E-state index in [2.05, 4.69) is 22.3 Å². The fourth-order valence-electron chi connectivity index (χ4n) is 3.00. The van der Waals surface area contributed by atoms with E-state index < -0.39 is 0 Å². The van der Waals surface area contributed by atoms with E-state index in [0.717, 1.165) is 6.54 Å². The first-order chi connectivity index (χ1) is 11.7. The minimum absolute atomic E-state index is 0.140. The molecule has 0 spiro atoms. The second-order valence-corrected chi connectivity index (χ2v) is 6.05. The van der Waals surface area contributed by atoms with Gasteiger partial charge in [0.15, 0.2) is 0 Å². The van der Waals surface area contributed by atoms with Crippen LogP contribution >= 0.6 is 0 Å². The van der Waals surface area contributed by atoms with Crippen molar-refractivity contribution in [1.29, 1.82) is 0 Å². The molecule has 1 aromatic carbocycles. The van der Waals surface area contributed by atoms with Crippen molar-refractivity contribution in [2.24, 2.45) is 0 Å². The van der Waals surface area contributed by atoms with Crippen LogP contribution in [0.25, 0.3) is 6.08 Å². The van der Waals surface area contributed by atoms with Crippen molar-refractivity contribution in [3.8, 4) is 0 Å². The SMILES string of the molecule is O=C(/C=C/c1ccco1)NCC1CC(O)CN1Cc1ccccc1. The lowest BCUT2D eigenvalue weighted by Gasteiger charge is -2.24. The number of hydrogen-bond donors (Lipinski definition) is 2. The van der Waals surface area contributed by atoms with Crippen molar-refractivity contribution in [2.75, 3.05) is 13.1 Å². The first kappa shape index (κ1) is 16.5. The second-order valence-electron chi connectivity index (χ2n) is 6.05. The highest BCUT2D eigenvalue weighted by atomic mass is 16.3. The summed E-state index contributed by atoms with van der Waals surface area (Å²) in [4.78, 5) is 14.1. The zero-order valence-electron chi connectivity index (χ0n) is 13.5. The van der Waals surface area contributed by atoms with Crippen LogP contribution in [0, 0.1) is 0 Å². The van der Waals surface area contributed by atoms with Crippen LogP contribution < -0.4 is 5.32 Å². The summed E-state index contributed by atoms with van der Waals surface area (Å²) in [6.45, 7) is 1.93. The molecule has 3 rings (SSSR count). The van der Waals surface area contributed by atoms with Crippen molar-refractivity contribution < 1.29 is 14.3 Å². The summed E-state index contributed by atoms with van der Waals surface area (Å²) < 4.78 is 5.15. The number of hydrogen-bond acceptors (Lipinski definition) is 4. The first-order valence-corrected chi connectivity index (χ1v) is 8.16. The Bertz CT molecular complexity index is 667. The van der Waals surface area contributed by atoms with Crippen LogP contribution in [-0.2, 0) is 11.3 Å². The van der Waals surface area contributed by atoms with Crippen molar-refractivity contribution in [3.05, 3.63) is 66.1 Å². The number of nitrogens with one attached hydrogen (secondary N) is 1. The number of carbonyl (C=O) groups excluding carboxylic acids is 1. The van der Waals surface area contributed by atoms with E-state index in [1.807, 2.05) is 18.2 Å². The highest BCUT2D eigenvalue weighted by molar-refractivity contribution is 5.91. The lowest BCUT2D eigenvalue weighted by Crippen LogP contribution is -2.39. The molecule has 1 fully saturated rings. The zero-order chi connectivity index (χ0) is 16.8. The summed E-state index contributed by atoms with van der Waals surface area (Å²) in [5.41, 5.74) is 1.21. The van der Waals surface area contributed by atoms with E-state index in [1.54, 1.807) is 24.5 Å². The molecule has 1 aliphatic heterocycles. The topological polar surface area (TPSA) is 65.7 Å². The summed E-state index contributed by atoms with van der Waals surface area (Å²) in [7, 11) is 0. The fourth-order valence-corrected chi connectivity index (χ4v) is 3.00. The Morgan fingerprint density at radius 1 is 1.29 bits per heavy atom. The summed E-state index contributed by atoms with van der Waals surface area (Å²) in [6, 6.07) is 13.9. The smallest absolute Gasteiger partial charge is 0.244 e. The van der Waals surface area contributed by atoms with Crippen LogP contribution in [0.15, 0.2) is 59.2 Å². The van der Waals surface area contributed by atoms with Gasteiger partial charge in [0.2, 0.25) is 5.91 Å². The Kier molecular flexibility index (Phi) is 5.46. The van der Waals surface area contributed by atoms with Gasteiger partial charge in [-0.25, -0.2) is 0 Å². The van der Waals surface area contributed by atoms with E-state index in [9.17, 15) is 9.90 Å². The molecule has 2 heterocycles. The van der Waals surface area contributed by atoms with Gasteiger partial charge in [0, 0.05) is 31.8 Å². The minimum atomic E-state index is -0.339. The van der Waals surface area contributed by atoms with Crippen LogP contribution in [0.1, 0.15) is 17.7 Å². The molecule has 0 bridgehead atoms. The molecule has 0 radical (unpaired) electrons. The number of β-amino-alcohol motifs (C(OH)–C–C–N with tert-alkyl or cyclic N) is 1. The molecular formula is C19H22N2O3. The third-order valence-corrected chi connectivity index (χ3v) is 4.19. The van der Waals surface area contributed by atoms with Gasteiger partial charge in [-0.3, -0.25) is 9.69 Å². The molecule has 1 amide bonds. The van der Waals surface area contributed by atoms with Crippen molar-refractivity contribution in [3.63, 3.8) is 0 Å². The zero-order valence-corrected chi connectivity index (χ0v) is 13.5. The predicted molar refractivity (Wildman–Crippen MR) is 92.0 cm³/mol. The van der Waals surface area contributed by atoms with E-state index in [1.165, 1.54) is 11.6 Å². The fraction of sp³-hybridized carbons (Fsp3) is 0.316. The Labute approximate surface area is 141 Å². The van der Waals surface area contributed by atoms with Gasteiger partial charge in [-0.15, -0.1) is 0 Å². The lowest BCUT2D eigenvalue weighted by molar-refractivity contribution is -0.116. The molecule has 1 saturated heterocycles. The first-order valence-electron chi connectivity index (χ1n) is 8.16. The number of aliphatic hydroxyl groups excluding tert-OH is 1. The molecule has 1 aromatic heterocycles. The molecule has 5 heteroatoms. The molecule has 1 aliphatic rings. The van der Waals surface area contributed by atoms with Gasteiger partial charge in [-0.2, -0.15) is 0 Å². The molecule has 5 nitrogen and oxygen atoms in total. The van der Waals surface area contributed by atoms with Gasteiger partial charge in [0.1, 0.15) is 5.76 Å². The van der Waals surface area contributed by atoms with Gasteiger partial charge in [0.25, 0.3) is 0 Å². The van der Waals surface area contributed by atoms with Crippen LogP contribution in [0.4, 0.5) is 0 Å². The number of nitrogens with zero attached hydrogens (tertiary/aromatic N) is 1. The number of amides is 1. The van der Waals surface area contributed by atoms with Crippen molar-refractivity contribution >= 4 is 12.0 Å². The van der Waals surface area contributed by atoms with E-state index in [-0.39, 0.29) is 18.1 Å². The lowest BCUT2D eigenvalue weighted by atomic mass is 10.1. The molecule has 2 unspecified atom stereocenters. The van der Waals surface area contributed by atoms with Crippen molar-refractivity contribution in [2.45, 2.75) is 25.1 Å². The standard InChI is InChI=1S/C19H22N2O3/c22-17-11-16(21(14-17)13-15-5-2-1-3-6-15)12-20-19(23)9-8-18-7-4-10-24-18/h1-10,16-17,22H,11-14H2,(H,20,23)/b9-8+. The van der Waals surface area contributed by atoms with Gasteiger partial charge in [-0.1, -0.05) is 30.3 Å². The highest BCUT2D eigenvalue weighted by Crippen LogP contribution is 2.20. The van der Waals surface area contributed by atoms with Gasteiger partial charge in [-0.05, 0) is 30.2 Å². The maximum Gasteiger partial charge on any atom is 0.244 e. The Morgan fingerprint density at radius 3 is 2.88 bits per heavy atom. The van der Waals surface area contributed by atoms with Crippen LogP contribution in [0.2, 0.25) is 0 Å².